The van der Waals surface area contributed by atoms with E-state index < -0.39 is 15.6 Å². The van der Waals surface area contributed by atoms with Gasteiger partial charge < -0.3 is 0 Å². The predicted molar refractivity (Wildman–Crippen MR) is 73.6 cm³/mol. The third-order valence-corrected chi connectivity index (χ3v) is 5.07. The van der Waals surface area contributed by atoms with Gasteiger partial charge in [0, 0.05) is 10.0 Å². The van der Waals surface area contributed by atoms with Crippen molar-refractivity contribution < 1.29 is 8.42 Å². The number of hydrogen-bond acceptors (Lipinski definition) is 2. The highest BCUT2D eigenvalue weighted by molar-refractivity contribution is 9.10. The number of sulfonamides is 1. The van der Waals surface area contributed by atoms with Crippen LogP contribution in [0.15, 0.2) is 27.6 Å². The second-order valence-corrected chi connectivity index (χ2v) is 7.32. The Morgan fingerprint density at radius 2 is 1.94 bits per heavy atom. The monoisotopic (exact) mass is 319 g/mol. The lowest BCUT2D eigenvalue weighted by molar-refractivity contribution is 0.439. The molecule has 0 heterocycles. The van der Waals surface area contributed by atoms with Crippen LogP contribution in [0.1, 0.15) is 32.8 Å². The Kier molecular flexibility index (Phi) is 4.38. The molecule has 0 spiro atoms. The summed E-state index contributed by atoms with van der Waals surface area (Å²) in [6, 6.07) is 5.25. The van der Waals surface area contributed by atoms with Gasteiger partial charge >= 0.3 is 0 Å². The predicted octanol–water partition coefficient (Wildman–Crippen LogP) is 3.22. The van der Waals surface area contributed by atoms with E-state index in [9.17, 15) is 8.42 Å². The Bertz CT molecular complexity index is 509. The first-order chi connectivity index (χ1) is 7.68. The van der Waals surface area contributed by atoms with Crippen molar-refractivity contribution in [1.29, 1.82) is 0 Å². The average molecular weight is 320 g/mol. The molecule has 0 saturated carbocycles. The topological polar surface area (TPSA) is 46.2 Å². The highest BCUT2D eigenvalue weighted by atomic mass is 79.9. The fraction of sp³-hybridized carbons (Fsp3) is 0.500. The van der Waals surface area contributed by atoms with Crippen molar-refractivity contribution in [3.05, 3.63) is 28.2 Å². The third-order valence-electron chi connectivity index (χ3n) is 2.73. The van der Waals surface area contributed by atoms with E-state index in [4.69, 9.17) is 0 Å². The van der Waals surface area contributed by atoms with Crippen molar-refractivity contribution in [2.45, 2.75) is 44.6 Å². The molecule has 1 aromatic carbocycles. The smallest absolute Gasteiger partial charge is 0.207 e. The van der Waals surface area contributed by atoms with Gasteiger partial charge in [0.2, 0.25) is 10.0 Å². The normalized spacial score (nSPS) is 12.8. The lowest BCUT2D eigenvalue weighted by Gasteiger charge is -2.24. The highest BCUT2D eigenvalue weighted by Crippen LogP contribution is 2.22. The molecule has 0 atom stereocenters. The Balaban J connectivity index is 3.18. The second kappa shape index (κ2) is 5.08. The van der Waals surface area contributed by atoms with E-state index >= 15 is 0 Å². The maximum Gasteiger partial charge on any atom is 0.241 e. The molecular weight excluding hydrogens is 302 g/mol. The van der Waals surface area contributed by atoms with Crippen molar-refractivity contribution in [2.75, 3.05) is 0 Å². The molecule has 0 unspecified atom stereocenters. The molecule has 0 aliphatic rings. The summed E-state index contributed by atoms with van der Waals surface area (Å²) in [5, 5.41) is 0. The molecule has 0 aromatic heterocycles. The van der Waals surface area contributed by atoms with Crippen LogP contribution in [0.4, 0.5) is 0 Å². The van der Waals surface area contributed by atoms with Crippen molar-refractivity contribution in [2.24, 2.45) is 0 Å². The number of hydrogen-bond donors (Lipinski definition) is 1. The van der Waals surface area contributed by atoms with E-state index in [0.29, 0.717) is 4.90 Å². The third kappa shape index (κ3) is 3.79. The molecule has 0 aliphatic carbocycles. The van der Waals surface area contributed by atoms with Crippen LogP contribution >= 0.6 is 15.9 Å². The number of halogens is 1. The molecule has 1 N–H and O–H groups in total. The van der Waals surface area contributed by atoms with Gasteiger partial charge in [-0.1, -0.05) is 28.9 Å². The zero-order valence-electron chi connectivity index (χ0n) is 10.5. The zero-order valence-corrected chi connectivity index (χ0v) is 12.9. The lowest BCUT2D eigenvalue weighted by Crippen LogP contribution is -2.42. The number of aryl methyl sites for hydroxylation is 1. The molecule has 0 bridgehead atoms. The van der Waals surface area contributed by atoms with E-state index in [1.807, 2.05) is 26.8 Å². The Morgan fingerprint density at radius 1 is 1.35 bits per heavy atom. The van der Waals surface area contributed by atoms with Gasteiger partial charge in [0.1, 0.15) is 0 Å². The van der Waals surface area contributed by atoms with Gasteiger partial charge in [0.25, 0.3) is 0 Å². The van der Waals surface area contributed by atoms with Gasteiger partial charge in [-0.2, -0.15) is 0 Å². The van der Waals surface area contributed by atoms with Crippen molar-refractivity contribution in [3.8, 4) is 0 Å². The maximum absolute atomic E-state index is 12.2. The largest absolute Gasteiger partial charge is 0.241 e. The van der Waals surface area contributed by atoms with Crippen LogP contribution in [0.2, 0.25) is 0 Å². The van der Waals surface area contributed by atoms with Gasteiger partial charge in [0.15, 0.2) is 0 Å². The first-order valence-corrected chi connectivity index (χ1v) is 7.76. The van der Waals surface area contributed by atoms with Crippen LogP contribution in [-0.4, -0.2) is 14.0 Å². The fourth-order valence-corrected chi connectivity index (χ4v) is 3.62. The average Bonchev–Trinajstić information content (AvgIpc) is 2.20. The maximum atomic E-state index is 12.2. The van der Waals surface area contributed by atoms with Gasteiger partial charge in [-0.3, -0.25) is 0 Å². The summed E-state index contributed by atoms with van der Waals surface area (Å²) < 4.78 is 28.0. The summed E-state index contributed by atoms with van der Waals surface area (Å²) in [7, 11) is -3.46. The van der Waals surface area contributed by atoms with Gasteiger partial charge in [-0.15, -0.1) is 0 Å². The van der Waals surface area contributed by atoms with Crippen LogP contribution in [-0.2, 0) is 10.0 Å². The molecule has 96 valence electrons. The SMILES string of the molecule is CCC(C)(C)NS(=O)(=O)c1cc(Br)ccc1C. The molecule has 0 aliphatic heterocycles. The quantitative estimate of drug-likeness (QED) is 0.926. The van der Waals surface area contributed by atoms with Crippen LogP contribution in [0, 0.1) is 6.92 Å². The second-order valence-electron chi connectivity index (χ2n) is 4.75. The first-order valence-electron chi connectivity index (χ1n) is 5.48. The van der Waals surface area contributed by atoms with E-state index in [1.165, 1.54) is 0 Å². The Morgan fingerprint density at radius 3 is 2.47 bits per heavy atom. The van der Waals surface area contributed by atoms with E-state index in [2.05, 4.69) is 20.7 Å². The molecule has 3 nitrogen and oxygen atoms in total. The highest BCUT2D eigenvalue weighted by Gasteiger charge is 2.25. The fourth-order valence-electron chi connectivity index (χ4n) is 1.35. The van der Waals surface area contributed by atoms with Crippen LogP contribution in [0.25, 0.3) is 0 Å². The summed E-state index contributed by atoms with van der Waals surface area (Å²) in [6.45, 7) is 7.49. The summed E-state index contributed by atoms with van der Waals surface area (Å²) in [5.74, 6) is 0. The molecule has 0 fully saturated rings. The minimum Gasteiger partial charge on any atom is -0.207 e. The minimum absolute atomic E-state index is 0.327. The number of benzene rings is 1. The molecule has 1 aromatic rings. The molecular formula is C12H18BrNO2S. The summed E-state index contributed by atoms with van der Waals surface area (Å²) in [5.41, 5.74) is 0.306. The zero-order chi connectivity index (χ0) is 13.3. The minimum atomic E-state index is -3.46. The van der Waals surface area contributed by atoms with Crippen molar-refractivity contribution in [3.63, 3.8) is 0 Å². The molecule has 5 heteroatoms. The number of nitrogens with one attached hydrogen (secondary N) is 1. The Hall–Kier alpha value is -0.390. The van der Waals surface area contributed by atoms with Crippen molar-refractivity contribution >= 4 is 26.0 Å². The van der Waals surface area contributed by atoms with Crippen LogP contribution in [0.3, 0.4) is 0 Å². The van der Waals surface area contributed by atoms with Crippen LogP contribution < -0.4 is 4.72 Å². The van der Waals surface area contributed by atoms with E-state index in [1.54, 1.807) is 19.1 Å². The molecule has 0 radical (unpaired) electrons. The summed E-state index contributed by atoms with van der Waals surface area (Å²) >= 11 is 3.29. The Labute approximate surface area is 112 Å². The first kappa shape index (κ1) is 14.7. The number of rotatable bonds is 4. The van der Waals surface area contributed by atoms with Gasteiger partial charge in [-0.05, 0) is 44.9 Å². The van der Waals surface area contributed by atoms with Gasteiger partial charge in [0.05, 0.1) is 4.90 Å². The molecule has 17 heavy (non-hydrogen) atoms. The summed E-state index contributed by atoms with van der Waals surface area (Å²) in [6.07, 6.45) is 0.735. The molecule has 0 saturated heterocycles. The molecule has 1 rings (SSSR count). The van der Waals surface area contributed by atoms with E-state index in [0.717, 1.165) is 16.5 Å². The standard InChI is InChI=1S/C12H18BrNO2S/c1-5-12(3,4)14-17(15,16)11-8-10(13)7-6-9(11)2/h6-8,14H,5H2,1-4H3. The summed E-state index contributed by atoms with van der Waals surface area (Å²) in [4.78, 5) is 0.327. The van der Waals surface area contributed by atoms with Crippen molar-refractivity contribution in [1.82, 2.24) is 4.72 Å². The molecule has 0 amide bonds. The van der Waals surface area contributed by atoms with Crippen LogP contribution in [0.5, 0.6) is 0 Å². The lowest BCUT2D eigenvalue weighted by atomic mass is 10.0. The van der Waals surface area contributed by atoms with Gasteiger partial charge in [-0.25, -0.2) is 13.1 Å². The van der Waals surface area contributed by atoms with E-state index in [-0.39, 0.29) is 0 Å².